The second-order valence-corrected chi connectivity index (χ2v) is 8.11. The largest absolute Gasteiger partial charge is 0.488 e. The lowest BCUT2D eigenvalue weighted by Crippen LogP contribution is -2.27. The van der Waals surface area contributed by atoms with Crippen LogP contribution in [0, 0.1) is 0 Å². The summed E-state index contributed by atoms with van der Waals surface area (Å²) in [7, 11) is 0. The average Bonchev–Trinajstić information content (AvgIpc) is 3.40. The Balaban J connectivity index is 1.76. The second kappa shape index (κ2) is 8.17. The van der Waals surface area contributed by atoms with E-state index in [1.54, 1.807) is 33.0 Å². The number of nitrogens with two attached hydrogens (primary N) is 1. The third-order valence-corrected chi connectivity index (χ3v) is 3.88. The Labute approximate surface area is 171 Å². The third-order valence-electron chi connectivity index (χ3n) is 3.50. The molecular formula is C18H22BrN5O4. The van der Waals surface area contributed by atoms with Crippen LogP contribution in [0.15, 0.2) is 23.1 Å². The number of carbonyl (C=O) groups is 1. The Morgan fingerprint density at radius 2 is 2.07 bits per heavy atom. The summed E-state index contributed by atoms with van der Waals surface area (Å²) in [6.07, 6.45) is 4.63. The molecule has 0 radical (unpaired) electrons. The number of nitrogen functional groups attached to an aromatic ring is 1. The van der Waals surface area contributed by atoms with Crippen LogP contribution in [0.25, 0.3) is 0 Å². The van der Waals surface area contributed by atoms with Crippen molar-refractivity contribution in [3.05, 3.63) is 28.6 Å². The Morgan fingerprint density at radius 3 is 2.75 bits per heavy atom. The zero-order chi connectivity index (χ0) is 20.3. The van der Waals surface area contributed by atoms with E-state index < -0.39 is 11.7 Å². The van der Waals surface area contributed by atoms with Gasteiger partial charge in [-0.15, -0.1) is 0 Å². The van der Waals surface area contributed by atoms with Crippen molar-refractivity contribution in [1.29, 1.82) is 0 Å². The number of pyridine rings is 1. The van der Waals surface area contributed by atoms with Crippen molar-refractivity contribution in [2.45, 2.75) is 51.9 Å². The van der Waals surface area contributed by atoms with E-state index in [4.69, 9.17) is 19.9 Å². The highest BCUT2D eigenvalue weighted by Crippen LogP contribution is 2.31. The van der Waals surface area contributed by atoms with Gasteiger partial charge in [0.1, 0.15) is 28.4 Å². The van der Waals surface area contributed by atoms with E-state index in [1.807, 2.05) is 0 Å². The van der Waals surface area contributed by atoms with Crippen molar-refractivity contribution in [1.82, 2.24) is 15.0 Å². The van der Waals surface area contributed by atoms with Gasteiger partial charge in [0, 0.05) is 5.56 Å². The number of anilines is 2. The van der Waals surface area contributed by atoms with Gasteiger partial charge in [-0.1, -0.05) is 0 Å². The molecule has 10 heteroatoms. The Bertz CT molecular complexity index is 868. The lowest BCUT2D eigenvalue weighted by atomic mass is 10.2. The molecule has 2 aromatic heterocycles. The molecule has 3 N–H and O–H groups in total. The summed E-state index contributed by atoms with van der Waals surface area (Å²) >= 11 is 3.24. The van der Waals surface area contributed by atoms with Crippen LogP contribution in [0.2, 0.25) is 0 Å². The predicted molar refractivity (Wildman–Crippen MR) is 106 cm³/mol. The molecule has 150 valence electrons. The zero-order valence-electron chi connectivity index (χ0n) is 15.9. The van der Waals surface area contributed by atoms with Crippen molar-refractivity contribution in [2.75, 3.05) is 11.1 Å². The fourth-order valence-electron chi connectivity index (χ4n) is 2.16. The van der Waals surface area contributed by atoms with E-state index in [9.17, 15) is 4.79 Å². The smallest absolute Gasteiger partial charge is 0.413 e. The van der Waals surface area contributed by atoms with Gasteiger partial charge in [0.15, 0.2) is 5.82 Å². The van der Waals surface area contributed by atoms with Crippen molar-refractivity contribution < 1.29 is 19.0 Å². The van der Waals surface area contributed by atoms with E-state index in [0.29, 0.717) is 21.7 Å². The summed E-state index contributed by atoms with van der Waals surface area (Å²) in [4.78, 5) is 24.4. The van der Waals surface area contributed by atoms with Gasteiger partial charge in [-0.2, -0.15) is 0 Å². The summed E-state index contributed by atoms with van der Waals surface area (Å²) in [6.45, 7) is 5.47. The van der Waals surface area contributed by atoms with Gasteiger partial charge in [-0.05, 0) is 55.6 Å². The van der Waals surface area contributed by atoms with Crippen molar-refractivity contribution in [3.63, 3.8) is 0 Å². The Morgan fingerprint density at radius 1 is 1.32 bits per heavy atom. The SMILES string of the molecule is CC(C)(C)OC(=O)Nc1cc(COc2nc(Br)cnc2N)c(OC2CC2)cn1. The summed E-state index contributed by atoms with van der Waals surface area (Å²) in [5, 5.41) is 2.61. The van der Waals surface area contributed by atoms with E-state index in [0.717, 1.165) is 12.8 Å². The molecule has 0 aromatic carbocycles. The van der Waals surface area contributed by atoms with Crippen molar-refractivity contribution >= 4 is 33.7 Å². The molecule has 1 amide bonds. The molecule has 3 rings (SSSR count). The molecule has 9 nitrogen and oxygen atoms in total. The molecule has 0 bridgehead atoms. The van der Waals surface area contributed by atoms with Crippen LogP contribution in [0.5, 0.6) is 11.6 Å². The average molecular weight is 452 g/mol. The number of aromatic nitrogens is 3. The van der Waals surface area contributed by atoms with Gasteiger partial charge in [-0.25, -0.2) is 19.7 Å². The lowest BCUT2D eigenvalue weighted by molar-refractivity contribution is 0.0635. The highest BCUT2D eigenvalue weighted by Gasteiger charge is 2.25. The molecule has 1 aliphatic carbocycles. The highest BCUT2D eigenvalue weighted by molar-refractivity contribution is 9.10. The number of halogens is 1. The number of hydrogen-bond donors (Lipinski definition) is 2. The first kappa shape index (κ1) is 20.1. The molecule has 2 heterocycles. The van der Waals surface area contributed by atoms with Gasteiger partial charge >= 0.3 is 6.09 Å². The molecule has 0 saturated heterocycles. The van der Waals surface area contributed by atoms with Crippen LogP contribution in [0.3, 0.4) is 0 Å². The number of hydrogen-bond acceptors (Lipinski definition) is 8. The molecule has 1 saturated carbocycles. The first-order valence-corrected chi connectivity index (χ1v) is 9.55. The second-order valence-electron chi connectivity index (χ2n) is 7.29. The summed E-state index contributed by atoms with van der Waals surface area (Å²) in [5.41, 5.74) is 5.88. The maximum atomic E-state index is 12.0. The fraction of sp³-hybridized carbons (Fsp3) is 0.444. The summed E-state index contributed by atoms with van der Waals surface area (Å²) in [6, 6.07) is 1.67. The number of ether oxygens (including phenoxy) is 3. The van der Waals surface area contributed by atoms with Gasteiger partial charge in [0.05, 0.1) is 18.5 Å². The van der Waals surface area contributed by atoms with Gasteiger partial charge in [0.2, 0.25) is 0 Å². The molecule has 1 fully saturated rings. The molecule has 0 spiro atoms. The maximum absolute atomic E-state index is 12.0. The fourth-order valence-corrected chi connectivity index (χ4v) is 2.42. The summed E-state index contributed by atoms with van der Waals surface area (Å²) < 4.78 is 17.3. The number of carbonyl (C=O) groups excluding carboxylic acids is 1. The molecular weight excluding hydrogens is 430 g/mol. The van der Waals surface area contributed by atoms with Crippen LogP contribution >= 0.6 is 15.9 Å². The minimum absolute atomic E-state index is 0.114. The first-order valence-electron chi connectivity index (χ1n) is 8.76. The molecule has 28 heavy (non-hydrogen) atoms. The minimum Gasteiger partial charge on any atom is -0.488 e. The number of nitrogens with zero attached hydrogens (tertiary/aromatic N) is 3. The van der Waals surface area contributed by atoms with Crippen LogP contribution in [0.4, 0.5) is 16.4 Å². The Hall–Kier alpha value is -2.62. The van der Waals surface area contributed by atoms with E-state index in [1.165, 1.54) is 6.20 Å². The quantitative estimate of drug-likeness (QED) is 0.681. The lowest BCUT2D eigenvalue weighted by Gasteiger charge is -2.20. The molecule has 0 unspecified atom stereocenters. The van der Waals surface area contributed by atoms with Crippen molar-refractivity contribution in [2.24, 2.45) is 0 Å². The van der Waals surface area contributed by atoms with Crippen LogP contribution in [-0.2, 0) is 11.3 Å². The zero-order valence-corrected chi connectivity index (χ0v) is 17.4. The first-order chi connectivity index (χ1) is 13.2. The van der Waals surface area contributed by atoms with E-state index >= 15 is 0 Å². The van der Waals surface area contributed by atoms with Gasteiger partial charge < -0.3 is 19.9 Å². The standard InChI is InChI=1S/C18H22BrN5O4/c1-18(2,3)28-17(25)24-14-6-10(12(7-21-14)27-11-4-5-11)9-26-16-15(20)22-8-13(19)23-16/h6-8,11H,4-5,9H2,1-3H3,(H2,20,22)(H,21,24,25). The van der Waals surface area contributed by atoms with Crippen LogP contribution < -0.4 is 20.5 Å². The maximum Gasteiger partial charge on any atom is 0.413 e. The number of nitrogens with one attached hydrogen (secondary N) is 1. The third kappa shape index (κ3) is 5.95. The van der Waals surface area contributed by atoms with Crippen molar-refractivity contribution in [3.8, 4) is 11.6 Å². The monoisotopic (exact) mass is 451 g/mol. The Kier molecular flexibility index (Phi) is 5.87. The van der Waals surface area contributed by atoms with Crippen LogP contribution in [0.1, 0.15) is 39.2 Å². The molecule has 0 atom stereocenters. The highest BCUT2D eigenvalue weighted by atomic mass is 79.9. The van der Waals surface area contributed by atoms with E-state index in [2.05, 4.69) is 36.2 Å². The predicted octanol–water partition coefficient (Wildman–Crippen LogP) is 3.68. The van der Waals surface area contributed by atoms with Gasteiger partial charge in [0.25, 0.3) is 5.88 Å². The van der Waals surface area contributed by atoms with Gasteiger partial charge in [-0.3, -0.25) is 5.32 Å². The molecule has 2 aromatic rings. The topological polar surface area (TPSA) is 121 Å². The molecule has 0 aliphatic heterocycles. The minimum atomic E-state index is -0.609. The summed E-state index contributed by atoms with van der Waals surface area (Å²) in [5.74, 6) is 1.28. The molecule has 1 aliphatic rings. The van der Waals surface area contributed by atoms with Crippen LogP contribution in [-0.4, -0.2) is 32.8 Å². The van der Waals surface area contributed by atoms with E-state index in [-0.39, 0.29) is 24.4 Å². The normalized spacial score (nSPS) is 13.7. The number of rotatable bonds is 6. The number of amides is 1.